The predicted octanol–water partition coefficient (Wildman–Crippen LogP) is 3.95. The molecule has 1 aliphatic rings. The normalized spacial score (nSPS) is 25.7. The molecule has 0 aliphatic heterocycles. The Morgan fingerprint density at radius 3 is 2.72 bits per heavy atom. The quantitative estimate of drug-likeness (QED) is 0.874. The molecule has 0 heterocycles. The van der Waals surface area contributed by atoms with E-state index >= 15 is 0 Å². The molecule has 0 aromatic heterocycles. The summed E-state index contributed by atoms with van der Waals surface area (Å²) in [6.07, 6.45) is 5.73. The molecule has 18 heavy (non-hydrogen) atoms. The maximum Gasteiger partial charge on any atom is 0.124 e. The monoisotopic (exact) mass is 248 g/mol. The maximum atomic E-state index is 10.7. The third kappa shape index (κ3) is 2.69. The molecule has 0 saturated heterocycles. The Morgan fingerprint density at radius 1 is 1.28 bits per heavy atom. The van der Waals surface area contributed by atoms with Gasteiger partial charge in [0.15, 0.2) is 0 Å². The molecule has 0 amide bonds. The fourth-order valence-electron chi connectivity index (χ4n) is 3.30. The highest BCUT2D eigenvalue weighted by atomic mass is 16.5. The van der Waals surface area contributed by atoms with E-state index in [-0.39, 0.29) is 6.10 Å². The summed E-state index contributed by atoms with van der Waals surface area (Å²) in [5.41, 5.74) is 0.949. The molecule has 3 unspecified atom stereocenters. The molecule has 1 aromatic rings. The zero-order valence-corrected chi connectivity index (χ0v) is 11.4. The second-order valence-corrected chi connectivity index (χ2v) is 5.30. The van der Waals surface area contributed by atoms with Crippen LogP contribution >= 0.6 is 0 Å². The third-order valence-corrected chi connectivity index (χ3v) is 4.36. The number of aliphatic hydroxyl groups excluding tert-OH is 1. The predicted molar refractivity (Wildman–Crippen MR) is 73.7 cm³/mol. The minimum Gasteiger partial charge on any atom is -0.496 e. The van der Waals surface area contributed by atoms with Crippen LogP contribution in [0.5, 0.6) is 5.75 Å². The average molecular weight is 248 g/mol. The Bertz CT molecular complexity index is 375. The van der Waals surface area contributed by atoms with Crippen LogP contribution in [0.2, 0.25) is 0 Å². The van der Waals surface area contributed by atoms with Crippen molar-refractivity contribution in [1.29, 1.82) is 0 Å². The van der Waals surface area contributed by atoms with Crippen LogP contribution in [0.15, 0.2) is 24.3 Å². The van der Waals surface area contributed by atoms with Crippen LogP contribution in [-0.2, 0) is 0 Å². The van der Waals surface area contributed by atoms with Gasteiger partial charge in [0.25, 0.3) is 0 Å². The molecule has 1 fully saturated rings. The highest BCUT2D eigenvalue weighted by Crippen LogP contribution is 2.42. The Balaban J connectivity index is 2.20. The standard InChI is InChI=1S/C16H24O2/c1-3-12-8-4-5-9-13(12)16(17)14-10-6-7-11-15(14)18-2/h6-7,10-13,16-17H,3-5,8-9H2,1-2H3. The van der Waals surface area contributed by atoms with E-state index in [4.69, 9.17) is 4.74 Å². The number of para-hydroxylation sites is 1. The van der Waals surface area contributed by atoms with Crippen molar-refractivity contribution < 1.29 is 9.84 Å². The van der Waals surface area contributed by atoms with E-state index < -0.39 is 0 Å². The van der Waals surface area contributed by atoms with Gasteiger partial charge in [0.2, 0.25) is 0 Å². The molecule has 0 bridgehead atoms. The fourth-order valence-corrected chi connectivity index (χ4v) is 3.30. The molecule has 1 N–H and O–H groups in total. The second kappa shape index (κ2) is 6.24. The maximum absolute atomic E-state index is 10.7. The number of aliphatic hydroxyl groups is 1. The van der Waals surface area contributed by atoms with Crippen molar-refractivity contribution in [3.63, 3.8) is 0 Å². The molecular weight excluding hydrogens is 224 g/mol. The SMILES string of the molecule is CCC1CCCCC1C(O)c1ccccc1OC. The first kappa shape index (κ1) is 13.4. The molecule has 1 aromatic carbocycles. The molecule has 3 atom stereocenters. The minimum atomic E-state index is -0.383. The Hall–Kier alpha value is -1.02. The first-order valence-electron chi connectivity index (χ1n) is 7.09. The third-order valence-electron chi connectivity index (χ3n) is 4.36. The Labute approximate surface area is 110 Å². The molecule has 2 nitrogen and oxygen atoms in total. The van der Waals surface area contributed by atoms with Gasteiger partial charge in [-0.05, 0) is 24.3 Å². The van der Waals surface area contributed by atoms with Gasteiger partial charge in [-0.2, -0.15) is 0 Å². The Morgan fingerprint density at radius 2 is 2.00 bits per heavy atom. The fraction of sp³-hybridized carbons (Fsp3) is 0.625. The van der Waals surface area contributed by atoms with Crippen molar-refractivity contribution in [2.75, 3.05) is 7.11 Å². The van der Waals surface area contributed by atoms with E-state index in [1.54, 1.807) is 7.11 Å². The molecule has 2 heteroatoms. The molecule has 2 rings (SSSR count). The zero-order chi connectivity index (χ0) is 13.0. The first-order valence-corrected chi connectivity index (χ1v) is 7.09. The highest BCUT2D eigenvalue weighted by molar-refractivity contribution is 5.35. The van der Waals surface area contributed by atoms with Gasteiger partial charge in [0, 0.05) is 5.56 Å². The lowest BCUT2D eigenvalue weighted by molar-refractivity contribution is 0.0435. The molecule has 0 radical (unpaired) electrons. The van der Waals surface area contributed by atoms with Crippen molar-refractivity contribution in [2.45, 2.75) is 45.1 Å². The number of hydrogen-bond donors (Lipinski definition) is 1. The Kier molecular flexibility index (Phi) is 4.65. The first-order chi connectivity index (χ1) is 8.77. The summed E-state index contributed by atoms with van der Waals surface area (Å²) in [5.74, 6) is 1.85. The van der Waals surface area contributed by atoms with Crippen molar-refractivity contribution in [2.24, 2.45) is 11.8 Å². The van der Waals surface area contributed by atoms with E-state index in [2.05, 4.69) is 6.92 Å². The number of methoxy groups -OCH3 is 1. The van der Waals surface area contributed by atoms with Gasteiger partial charge < -0.3 is 9.84 Å². The largest absolute Gasteiger partial charge is 0.496 e. The van der Waals surface area contributed by atoms with Gasteiger partial charge in [-0.25, -0.2) is 0 Å². The lowest BCUT2D eigenvalue weighted by atomic mass is 9.73. The van der Waals surface area contributed by atoms with Gasteiger partial charge in [0.1, 0.15) is 5.75 Å². The van der Waals surface area contributed by atoms with Crippen molar-refractivity contribution >= 4 is 0 Å². The van der Waals surface area contributed by atoms with Gasteiger partial charge in [0.05, 0.1) is 13.2 Å². The number of hydrogen-bond acceptors (Lipinski definition) is 2. The van der Waals surface area contributed by atoms with E-state index in [0.29, 0.717) is 11.8 Å². The molecule has 0 spiro atoms. The number of rotatable bonds is 4. The van der Waals surface area contributed by atoms with Gasteiger partial charge in [-0.3, -0.25) is 0 Å². The minimum absolute atomic E-state index is 0.383. The van der Waals surface area contributed by atoms with Crippen molar-refractivity contribution in [1.82, 2.24) is 0 Å². The van der Waals surface area contributed by atoms with E-state index in [0.717, 1.165) is 24.2 Å². The van der Waals surface area contributed by atoms with Gasteiger partial charge in [-0.1, -0.05) is 50.8 Å². The van der Waals surface area contributed by atoms with Crippen LogP contribution in [0.25, 0.3) is 0 Å². The lowest BCUT2D eigenvalue weighted by Gasteiger charge is -2.34. The van der Waals surface area contributed by atoms with E-state index in [9.17, 15) is 5.11 Å². The summed E-state index contributed by atoms with van der Waals surface area (Å²) in [4.78, 5) is 0. The summed E-state index contributed by atoms with van der Waals surface area (Å²) >= 11 is 0. The lowest BCUT2D eigenvalue weighted by Crippen LogP contribution is -2.25. The molecular formula is C16H24O2. The van der Waals surface area contributed by atoms with Crippen LogP contribution in [0.1, 0.15) is 50.7 Å². The molecule has 1 aliphatic carbocycles. The molecule has 100 valence electrons. The summed E-state index contributed by atoms with van der Waals surface area (Å²) in [6.45, 7) is 2.23. The highest BCUT2D eigenvalue weighted by Gasteiger charge is 2.31. The van der Waals surface area contributed by atoms with Gasteiger partial charge in [-0.15, -0.1) is 0 Å². The van der Waals surface area contributed by atoms with E-state index in [1.165, 1.54) is 19.3 Å². The van der Waals surface area contributed by atoms with Crippen LogP contribution in [0.4, 0.5) is 0 Å². The van der Waals surface area contributed by atoms with E-state index in [1.807, 2.05) is 24.3 Å². The summed E-state index contributed by atoms with van der Waals surface area (Å²) in [5, 5.41) is 10.7. The number of ether oxygens (including phenoxy) is 1. The van der Waals surface area contributed by atoms with Crippen molar-refractivity contribution in [3.8, 4) is 5.75 Å². The average Bonchev–Trinajstić information content (AvgIpc) is 2.46. The van der Waals surface area contributed by atoms with Crippen LogP contribution in [0.3, 0.4) is 0 Å². The van der Waals surface area contributed by atoms with Crippen LogP contribution < -0.4 is 4.74 Å². The topological polar surface area (TPSA) is 29.5 Å². The second-order valence-electron chi connectivity index (χ2n) is 5.30. The number of benzene rings is 1. The smallest absolute Gasteiger partial charge is 0.124 e. The van der Waals surface area contributed by atoms with Gasteiger partial charge >= 0.3 is 0 Å². The van der Waals surface area contributed by atoms with Crippen LogP contribution in [0, 0.1) is 11.8 Å². The van der Waals surface area contributed by atoms with Crippen LogP contribution in [-0.4, -0.2) is 12.2 Å². The summed E-state index contributed by atoms with van der Waals surface area (Å²) in [7, 11) is 1.67. The van der Waals surface area contributed by atoms with Crippen molar-refractivity contribution in [3.05, 3.63) is 29.8 Å². The molecule has 1 saturated carbocycles. The zero-order valence-electron chi connectivity index (χ0n) is 11.4. The summed E-state index contributed by atoms with van der Waals surface area (Å²) < 4.78 is 5.37. The summed E-state index contributed by atoms with van der Waals surface area (Å²) in [6, 6.07) is 7.85.